The predicted octanol–water partition coefficient (Wildman–Crippen LogP) is 4.60. The van der Waals surface area contributed by atoms with E-state index in [0.717, 1.165) is 53.8 Å². The lowest BCUT2D eigenvalue weighted by atomic mass is 9.93. The summed E-state index contributed by atoms with van der Waals surface area (Å²) in [5.74, 6) is 1.43. The molecule has 0 aliphatic rings. The molecular weight excluding hydrogens is 378 g/mol. The molecule has 0 radical (unpaired) electrons. The number of hydrogen-bond acceptors (Lipinski definition) is 4. The topological polar surface area (TPSA) is 75.4 Å². The fraction of sp³-hybridized carbons (Fsp3) is 0.375. The van der Waals surface area contributed by atoms with Gasteiger partial charge in [-0.2, -0.15) is 0 Å². The summed E-state index contributed by atoms with van der Waals surface area (Å²) >= 11 is 0. The second-order valence-electron chi connectivity index (χ2n) is 7.19. The number of amides is 1. The van der Waals surface area contributed by atoms with E-state index >= 15 is 0 Å². The van der Waals surface area contributed by atoms with Crippen molar-refractivity contribution < 1.29 is 14.3 Å². The van der Waals surface area contributed by atoms with Crippen LogP contribution >= 0.6 is 0 Å². The third-order valence-electron chi connectivity index (χ3n) is 5.51. The third kappa shape index (κ3) is 4.53. The molecule has 1 unspecified atom stereocenters. The van der Waals surface area contributed by atoms with Crippen LogP contribution in [0.25, 0.3) is 10.9 Å². The molecule has 0 aliphatic heterocycles. The predicted molar refractivity (Wildman–Crippen MR) is 122 cm³/mol. The van der Waals surface area contributed by atoms with E-state index in [-0.39, 0.29) is 6.04 Å². The number of rotatable bonds is 11. The smallest absolute Gasteiger partial charge is 0.207 e. The minimum Gasteiger partial charge on any atom is -0.493 e. The molecular formula is C24H31N3O3. The minimum atomic E-state index is -0.111. The molecule has 0 aliphatic carbocycles. The molecule has 1 amide bonds. The Morgan fingerprint density at radius 3 is 2.63 bits per heavy atom. The maximum atomic E-state index is 11.4. The first-order valence-electron chi connectivity index (χ1n) is 10.5. The number of benzene rings is 2. The summed E-state index contributed by atoms with van der Waals surface area (Å²) in [4.78, 5) is 14.7. The van der Waals surface area contributed by atoms with Gasteiger partial charge in [-0.25, -0.2) is 0 Å². The summed E-state index contributed by atoms with van der Waals surface area (Å²) < 4.78 is 11.3. The van der Waals surface area contributed by atoms with Gasteiger partial charge in [-0.15, -0.1) is 0 Å². The largest absolute Gasteiger partial charge is 0.493 e. The monoisotopic (exact) mass is 409 g/mol. The average Bonchev–Trinajstić information content (AvgIpc) is 3.18. The van der Waals surface area contributed by atoms with Crippen molar-refractivity contribution in [2.24, 2.45) is 0 Å². The van der Waals surface area contributed by atoms with Crippen LogP contribution in [0.4, 0.5) is 5.69 Å². The molecule has 3 N–H and O–H groups in total. The molecule has 3 aromatic rings. The van der Waals surface area contributed by atoms with Gasteiger partial charge in [-0.1, -0.05) is 6.92 Å². The van der Waals surface area contributed by atoms with Gasteiger partial charge in [0.1, 0.15) is 0 Å². The van der Waals surface area contributed by atoms with E-state index in [2.05, 4.69) is 46.9 Å². The van der Waals surface area contributed by atoms with E-state index in [9.17, 15) is 4.79 Å². The first kappa shape index (κ1) is 21.6. The number of aromatic nitrogens is 1. The number of aromatic amines is 1. The first-order valence-corrected chi connectivity index (χ1v) is 10.5. The van der Waals surface area contributed by atoms with Crippen LogP contribution in [0.1, 0.15) is 43.0 Å². The Bertz CT molecular complexity index is 997. The number of carbonyl (C=O) groups excluding carboxylic acids is 1. The first-order chi connectivity index (χ1) is 14.6. The lowest BCUT2D eigenvalue weighted by molar-refractivity contribution is -0.110. The molecule has 1 atom stereocenters. The fourth-order valence-electron chi connectivity index (χ4n) is 3.93. The molecule has 0 saturated carbocycles. The summed E-state index contributed by atoms with van der Waals surface area (Å²) in [5.41, 5.74) is 5.64. The third-order valence-corrected chi connectivity index (χ3v) is 5.51. The van der Waals surface area contributed by atoms with Crippen molar-refractivity contribution in [1.29, 1.82) is 0 Å². The van der Waals surface area contributed by atoms with Gasteiger partial charge in [0, 0.05) is 29.8 Å². The molecule has 0 spiro atoms. The fourth-order valence-corrected chi connectivity index (χ4v) is 3.93. The van der Waals surface area contributed by atoms with Crippen LogP contribution in [0.5, 0.6) is 11.5 Å². The summed E-state index contributed by atoms with van der Waals surface area (Å²) in [5, 5.41) is 7.41. The number of aryl methyl sites for hydroxylation is 2. The summed E-state index contributed by atoms with van der Waals surface area (Å²) in [6.07, 6.45) is 5.29. The van der Waals surface area contributed by atoms with Crippen LogP contribution in [-0.4, -0.2) is 32.2 Å². The van der Waals surface area contributed by atoms with Crippen molar-refractivity contribution in [3.8, 4) is 11.5 Å². The number of ether oxygens (including phenoxy) is 2. The lowest BCUT2D eigenvalue weighted by Crippen LogP contribution is -2.21. The second kappa shape index (κ2) is 10.1. The quantitative estimate of drug-likeness (QED) is 0.405. The number of anilines is 1. The highest BCUT2D eigenvalue weighted by Gasteiger charge is 2.19. The van der Waals surface area contributed by atoms with Gasteiger partial charge in [0.2, 0.25) is 6.41 Å². The van der Waals surface area contributed by atoms with Gasteiger partial charge in [0.05, 0.1) is 19.8 Å². The van der Waals surface area contributed by atoms with Crippen LogP contribution in [0.2, 0.25) is 0 Å². The van der Waals surface area contributed by atoms with Crippen molar-refractivity contribution in [3.63, 3.8) is 0 Å². The Balaban J connectivity index is 1.91. The number of methoxy groups -OCH3 is 1. The minimum absolute atomic E-state index is 0.111. The second-order valence-corrected chi connectivity index (χ2v) is 7.19. The van der Waals surface area contributed by atoms with Gasteiger partial charge >= 0.3 is 0 Å². The molecule has 6 heteroatoms. The zero-order valence-corrected chi connectivity index (χ0v) is 18.2. The van der Waals surface area contributed by atoms with Crippen molar-refractivity contribution in [2.75, 3.05) is 26.1 Å². The van der Waals surface area contributed by atoms with Crippen LogP contribution in [0.3, 0.4) is 0 Å². The average molecular weight is 410 g/mol. The molecule has 1 aromatic heterocycles. The van der Waals surface area contributed by atoms with Gasteiger partial charge in [-0.05, 0) is 73.2 Å². The lowest BCUT2D eigenvalue weighted by Gasteiger charge is -2.22. The Morgan fingerprint density at radius 2 is 1.97 bits per heavy atom. The molecule has 1 heterocycles. The Kier molecular flexibility index (Phi) is 7.22. The van der Waals surface area contributed by atoms with Crippen LogP contribution in [-0.2, 0) is 17.6 Å². The van der Waals surface area contributed by atoms with Crippen molar-refractivity contribution in [3.05, 3.63) is 53.2 Å². The standard InChI is InChI=1S/C24H31N3O3/c1-5-16-11-23(29-4)24(30-6-2)13-20(16)22(27-15-28)9-7-17-14-26-21-10-8-18(25-3)12-19(17)21/h8,10-15,22,25-26H,5-7,9H2,1-4H3,(H,27,28). The van der Waals surface area contributed by atoms with E-state index in [1.807, 2.05) is 26.1 Å². The van der Waals surface area contributed by atoms with Crippen LogP contribution < -0.4 is 20.1 Å². The highest BCUT2D eigenvalue weighted by Crippen LogP contribution is 2.35. The van der Waals surface area contributed by atoms with Gasteiger partial charge < -0.3 is 25.1 Å². The molecule has 6 nitrogen and oxygen atoms in total. The number of fused-ring (bicyclic) bond motifs is 1. The summed E-state index contributed by atoms with van der Waals surface area (Å²) in [7, 11) is 3.57. The SMILES string of the molecule is CCOc1cc(C(CCc2c[nH]c3ccc(NC)cc23)NC=O)c(CC)cc1OC. The highest BCUT2D eigenvalue weighted by molar-refractivity contribution is 5.86. The summed E-state index contributed by atoms with van der Waals surface area (Å²) in [6, 6.07) is 10.2. The normalized spacial score (nSPS) is 11.9. The van der Waals surface area contributed by atoms with Gasteiger partial charge in [-0.3, -0.25) is 4.79 Å². The zero-order valence-electron chi connectivity index (χ0n) is 18.2. The van der Waals surface area contributed by atoms with Gasteiger partial charge in [0.25, 0.3) is 0 Å². The molecule has 3 rings (SSSR count). The van der Waals surface area contributed by atoms with Crippen LogP contribution in [0.15, 0.2) is 36.5 Å². The van der Waals surface area contributed by atoms with Crippen molar-refractivity contribution in [2.45, 2.75) is 39.2 Å². The number of nitrogens with one attached hydrogen (secondary N) is 3. The Morgan fingerprint density at radius 1 is 1.13 bits per heavy atom. The number of hydrogen-bond donors (Lipinski definition) is 3. The molecule has 0 fully saturated rings. The van der Waals surface area contributed by atoms with E-state index in [1.54, 1.807) is 7.11 Å². The van der Waals surface area contributed by atoms with E-state index < -0.39 is 0 Å². The number of carbonyl (C=O) groups is 1. The molecule has 160 valence electrons. The molecule has 30 heavy (non-hydrogen) atoms. The number of H-pyrrole nitrogens is 1. The van der Waals surface area contributed by atoms with Gasteiger partial charge in [0.15, 0.2) is 11.5 Å². The molecule has 2 aromatic carbocycles. The molecule has 0 saturated heterocycles. The van der Waals surface area contributed by atoms with E-state index in [0.29, 0.717) is 12.4 Å². The maximum absolute atomic E-state index is 11.4. The van der Waals surface area contributed by atoms with Crippen molar-refractivity contribution >= 4 is 23.0 Å². The zero-order chi connectivity index (χ0) is 21.5. The van der Waals surface area contributed by atoms with Crippen LogP contribution in [0, 0.1) is 0 Å². The molecule has 0 bridgehead atoms. The Hall–Kier alpha value is -3.15. The van der Waals surface area contributed by atoms with E-state index in [1.165, 1.54) is 10.9 Å². The van der Waals surface area contributed by atoms with E-state index in [4.69, 9.17) is 9.47 Å². The Labute approximate surface area is 178 Å². The maximum Gasteiger partial charge on any atom is 0.207 e. The highest BCUT2D eigenvalue weighted by atomic mass is 16.5. The summed E-state index contributed by atoms with van der Waals surface area (Å²) in [6.45, 7) is 4.61. The van der Waals surface area contributed by atoms with Crippen molar-refractivity contribution in [1.82, 2.24) is 10.3 Å².